The van der Waals surface area contributed by atoms with Crippen molar-refractivity contribution in [3.8, 4) is 5.75 Å². The van der Waals surface area contributed by atoms with Crippen LogP contribution >= 0.6 is 11.6 Å². The lowest BCUT2D eigenvalue weighted by atomic mass is 10.2. The first-order valence-electron chi connectivity index (χ1n) is 8.99. The molecular formula is C21H17ClF2N2O4S. The summed E-state index contributed by atoms with van der Waals surface area (Å²) in [6, 6.07) is 13.8. The van der Waals surface area contributed by atoms with Gasteiger partial charge in [0.05, 0.1) is 22.2 Å². The van der Waals surface area contributed by atoms with E-state index >= 15 is 0 Å². The first-order chi connectivity index (χ1) is 14.7. The lowest BCUT2D eigenvalue weighted by Gasteiger charge is -2.12. The van der Waals surface area contributed by atoms with Crippen molar-refractivity contribution in [2.45, 2.75) is 4.90 Å². The van der Waals surface area contributed by atoms with Gasteiger partial charge < -0.3 is 10.1 Å². The summed E-state index contributed by atoms with van der Waals surface area (Å²) in [5, 5.41) is 2.71. The van der Waals surface area contributed by atoms with Gasteiger partial charge >= 0.3 is 0 Å². The third kappa shape index (κ3) is 6.16. The summed E-state index contributed by atoms with van der Waals surface area (Å²) < 4.78 is 58.6. The molecule has 0 saturated heterocycles. The number of amides is 1. The van der Waals surface area contributed by atoms with E-state index in [1.807, 2.05) is 0 Å². The first-order valence-corrected chi connectivity index (χ1v) is 10.9. The SMILES string of the molecule is O=C(NCCOc1ccc(F)cc1)c1ccc(Cl)c(NS(=O)(=O)c2ccc(F)cc2)c1. The van der Waals surface area contributed by atoms with Gasteiger partial charge in [0.15, 0.2) is 0 Å². The summed E-state index contributed by atoms with van der Waals surface area (Å²) in [6.07, 6.45) is 0. The molecule has 0 bridgehead atoms. The molecule has 0 atom stereocenters. The number of rotatable bonds is 8. The molecule has 0 saturated carbocycles. The van der Waals surface area contributed by atoms with Crippen LogP contribution in [-0.2, 0) is 10.0 Å². The quantitative estimate of drug-likeness (QED) is 0.487. The molecule has 0 spiro atoms. The Kier molecular flexibility index (Phi) is 7.09. The molecule has 0 heterocycles. The number of hydrogen-bond donors (Lipinski definition) is 2. The Labute approximate surface area is 182 Å². The average Bonchev–Trinajstić information content (AvgIpc) is 2.74. The lowest BCUT2D eigenvalue weighted by Crippen LogP contribution is -2.28. The monoisotopic (exact) mass is 466 g/mol. The Bertz CT molecular complexity index is 1170. The van der Waals surface area contributed by atoms with E-state index in [1.165, 1.54) is 42.5 Å². The Hall–Kier alpha value is -3.17. The van der Waals surface area contributed by atoms with Gasteiger partial charge in [-0.1, -0.05) is 11.6 Å². The second-order valence-electron chi connectivity index (χ2n) is 6.31. The van der Waals surface area contributed by atoms with Crippen molar-refractivity contribution in [2.24, 2.45) is 0 Å². The van der Waals surface area contributed by atoms with Crippen molar-refractivity contribution in [1.82, 2.24) is 5.32 Å². The van der Waals surface area contributed by atoms with Crippen molar-refractivity contribution in [2.75, 3.05) is 17.9 Å². The van der Waals surface area contributed by atoms with Gasteiger partial charge in [-0.05, 0) is 66.7 Å². The largest absolute Gasteiger partial charge is 0.492 e. The highest BCUT2D eigenvalue weighted by atomic mass is 35.5. The molecule has 0 radical (unpaired) electrons. The predicted octanol–water partition coefficient (Wildman–Crippen LogP) is 4.23. The minimum atomic E-state index is -4.03. The lowest BCUT2D eigenvalue weighted by molar-refractivity contribution is 0.0947. The Morgan fingerprint density at radius 2 is 1.55 bits per heavy atom. The van der Waals surface area contributed by atoms with E-state index in [0.717, 1.165) is 24.3 Å². The highest BCUT2D eigenvalue weighted by molar-refractivity contribution is 7.92. The van der Waals surface area contributed by atoms with Crippen LogP contribution in [0.25, 0.3) is 0 Å². The van der Waals surface area contributed by atoms with Gasteiger partial charge in [0, 0.05) is 5.56 Å². The number of nitrogens with one attached hydrogen (secondary N) is 2. The van der Waals surface area contributed by atoms with Gasteiger partial charge in [-0.3, -0.25) is 9.52 Å². The zero-order valence-electron chi connectivity index (χ0n) is 15.9. The second kappa shape index (κ2) is 9.76. The van der Waals surface area contributed by atoms with Gasteiger partial charge in [-0.15, -0.1) is 0 Å². The van der Waals surface area contributed by atoms with Crippen molar-refractivity contribution < 1.29 is 26.7 Å². The Morgan fingerprint density at radius 1 is 0.935 bits per heavy atom. The molecule has 0 aromatic heterocycles. The fraction of sp³-hybridized carbons (Fsp3) is 0.0952. The van der Waals surface area contributed by atoms with Crippen LogP contribution in [0.15, 0.2) is 71.6 Å². The average molecular weight is 467 g/mol. The normalized spacial score (nSPS) is 11.1. The van der Waals surface area contributed by atoms with Gasteiger partial charge in [-0.2, -0.15) is 0 Å². The molecule has 6 nitrogen and oxygen atoms in total. The standard InChI is InChI=1S/C21H17ClF2N2O4S/c22-19-10-1-14(21(27)25-11-12-30-17-6-2-15(23)3-7-17)13-20(19)26-31(28,29)18-8-4-16(24)5-9-18/h1-10,13,26H,11-12H2,(H,25,27). The number of ether oxygens (including phenoxy) is 1. The van der Waals surface area contributed by atoms with Crippen LogP contribution < -0.4 is 14.8 Å². The Balaban J connectivity index is 1.62. The molecule has 3 aromatic rings. The molecule has 3 aromatic carbocycles. The predicted molar refractivity (Wildman–Crippen MR) is 113 cm³/mol. The summed E-state index contributed by atoms with van der Waals surface area (Å²) in [4.78, 5) is 12.2. The van der Waals surface area contributed by atoms with Crippen LogP contribution in [0.1, 0.15) is 10.4 Å². The Morgan fingerprint density at radius 3 is 2.19 bits per heavy atom. The number of sulfonamides is 1. The van der Waals surface area contributed by atoms with E-state index in [9.17, 15) is 22.0 Å². The molecule has 0 aliphatic carbocycles. The zero-order chi connectivity index (χ0) is 22.4. The molecule has 1 amide bonds. The first kappa shape index (κ1) is 22.5. The minimum absolute atomic E-state index is 0.00111. The van der Waals surface area contributed by atoms with Crippen molar-refractivity contribution in [3.63, 3.8) is 0 Å². The van der Waals surface area contributed by atoms with Crippen molar-refractivity contribution in [1.29, 1.82) is 0 Å². The van der Waals surface area contributed by atoms with Gasteiger partial charge in [0.2, 0.25) is 0 Å². The molecule has 31 heavy (non-hydrogen) atoms. The van der Waals surface area contributed by atoms with Gasteiger partial charge in [-0.25, -0.2) is 17.2 Å². The van der Waals surface area contributed by atoms with Crippen LogP contribution in [0.2, 0.25) is 5.02 Å². The van der Waals surface area contributed by atoms with E-state index in [-0.39, 0.29) is 40.1 Å². The number of halogens is 3. The summed E-state index contributed by atoms with van der Waals surface area (Å²) >= 11 is 6.06. The minimum Gasteiger partial charge on any atom is -0.492 e. The van der Waals surface area contributed by atoms with Crippen LogP contribution in [0.4, 0.5) is 14.5 Å². The summed E-state index contributed by atoms with van der Waals surface area (Å²) in [5.41, 5.74) is 0.171. The van der Waals surface area contributed by atoms with Crippen LogP contribution in [-0.4, -0.2) is 27.5 Å². The fourth-order valence-electron chi connectivity index (χ4n) is 2.53. The van der Waals surface area contributed by atoms with E-state index in [0.29, 0.717) is 5.75 Å². The summed E-state index contributed by atoms with van der Waals surface area (Å²) in [6.45, 7) is 0.310. The van der Waals surface area contributed by atoms with Crippen molar-refractivity contribution >= 4 is 33.2 Å². The molecule has 0 aliphatic rings. The zero-order valence-corrected chi connectivity index (χ0v) is 17.5. The summed E-state index contributed by atoms with van der Waals surface area (Å²) in [5.74, 6) is -0.963. The van der Waals surface area contributed by atoms with Crippen molar-refractivity contribution in [3.05, 3.63) is 89.0 Å². The maximum absolute atomic E-state index is 13.0. The molecule has 162 valence electrons. The molecular weight excluding hydrogens is 450 g/mol. The molecule has 0 aliphatic heterocycles. The van der Waals surface area contributed by atoms with Crippen LogP contribution in [0.5, 0.6) is 5.75 Å². The number of benzene rings is 3. The third-order valence-electron chi connectivity index (χ3n) is 4.07. The van der Waals surface area contributed by atoms with Crippen LogP contribution in [0.3, 0.4) is 0 Å². The molecule has 2 N–H and O–H groups in total. The molecule has 10 heteroatoms. The number of anilines is 1. The van der Waals surface area contributed by atoms with E-state index in [2.05, 4.69) is 10.0 Å². The maximum atomic E-state index is 13.0. The fourth-order valence-corrected chi connectivity index (χ4v) is 3.82. The number of carbonyl (C=O) groups is 1. The van der Waals surface area contributed by atoms with E-state index in [4.69, 9.17) is 16.3 Å². The van der Waals surface area contributed by atoms with E-state index < -0.39 is 21.7 Å². The number of carbonyl (C=O) groups excluding carboxylic acids is 1. The molecule has 3 rings (SSSR count). The maximum Gasteiger partial charge on any atom is 0.261 e. The second-order valence-corrected chi connectivity index (χ2v) is 8.40. The third-order valence-corrected chi connectivity index (χ3v) is 5.78. The topological polar surface area (TPSA) is 84.5 Å². The molecule has 0 fully saturated rings. The highest BCUT2D eigenvalue weighted by Gasteiger charge is 2.17. The van der Waals surface area contributed by atoms with Crippen LogP contribution in [0, 0.1) is 11.6 Å². The van der Waals surface area contributed by atoms with Gasteiger partial charge in [0.1, 0.15) is 24.0 Å². The molecule has 0 unspecified atom stereocenters. The number of hydrogen-bond acceptors (Lipinski definition) is 4. The van der Waals surface area contributed by atoms with E-state index in [1.54, 1.807) is 0 Å². The van der Waals surface area contributed by atoms with Gasteiger partial charge in [0.25, 0.3) is 15.9 Å². The highest BCUT2D eigenvalue weighted by Crippen LogP contribution is 2.26. The smallest absolute Gasteiger partial charge is 0.261 e. The summed E-state index contributed by atoms with van der Waals surface area (Å²) in [7, 11) is -4.03.